The van der Waals surface area contributed by atoms with Gasteiger partial charge in [-0.05, 0) is 38.3 Å². The lowest BCUT2D eigenvalue weighted by atomic mass is 10.1. The minimum absolute atomic E-state index is 0.182. The van der Waals surface area contributed by atoms with Crippen LogP contribution in [0.3, 0.4) is 0 Å². The Hall–Kier alpha value is -1.19. The lowest BCUT2D eigenvalue weighted by Crippen LogP contribution is -2.21. The maximum atomic E-state index is 11.0. The highest BCUT2D eigenvalue weighted by Crippen LogP contribution is 2.15. The average Bonchev–Trinajstić information content (AvgIpc) is 2.42. The van der Waals surface area contributed by atoms with Crippen molar-refractivity contribution in [3.63, 3.8) is 0 Å². The SMILES string of the molecule is CC(C)(O)O.CNc1ccccc1CCCOS(=O)(=O)NC. The molecule has 0 atom stereocenters. The highest BCUT2D eigenvalue weighted by molar-refractivity contribution is 7.84. The fourth-order valence-corrected chi connectivity index (χ4v) is 1.93. The normalized spacial score (nSPS) is 11.5. The molecular weight excluding hydrogens is 308 g/mol. The zero-order chi connectivity index (χ0) is 17.2. The Kier molecular flexibility index (Phi) is 9.22. The van der Waals surface area contributed by atoms with E-state index in [0.29, 0.717) is 6.42 Å². The first-order chi connectivity index (χ1) is 10.1. The number of para-hydroxylation sites is 1. The summed E-state index contributed by atoms with van der Waals surface area (Å²) >= 11 is 0. The van der Waals surface area contributed by atoms with Gasteiger partial charge < -0.3 is 15.5 Å². The molecule has 22 heavy (non-hydrogen) atoms. The molecule has 0 radical (unpaired) electrons. The van der Waals surface area contributed by atoms with Crippen molar-refractivity contribution in [2.24, 2.45) is 0 Å². The van der Waals surface area contributed by atoms with Crippen LogP contribution in [0.4, 0.5) is 5.69 Å². The van der Waals surface area contributed by atoms with E-state index >= 15 is 0 Å². The van der Waals surface area contributed by atoms with E-state index in [9.17, 15) is 8.42 Å². The van der Waals surface area contributed by atoms with Gasteiger partial charge >= 0.3 is 10.3 Å². The molecule has 0 spiro atoms. The fraction of sp³-hybridized carbons (Fsp3) is 0.571. The number of benzene rings is 1. The molecule has 1 aromatic rings. The van der Waals surface area contributed by atoms with Crippen LogP contribution in [0.1, 0.15) is 25.8 Å². The van der Waals surface area contributed by atoms with Crippen LogP contribution in [0.25, 0.3) is 0 Å². The summed E-state index contributed by atoms with van der Waals surface area (Å²) in [7, 11) is -0.368. The molecular formula is C14H26N2O5S. The van der Waals surface area contributed by atoms with E-state index in [1.165, 1.54) is 20.9 Å². The predicted molar refractivity (Wildman–Crippen MR) is 86.8 cm³/mol. The smallest absolute Gasteiger partial charge is 0.335 e. The summed E-state index contributed by atoms with van der Waals surface area (Å²) in [6.45, 7) is 2.78. The van der Waals surface area contributed by atoms with Crippen LogP contribution in [0.2, 0.25) is 0 Å². The summed E-state index contributed by atoms with van der Waals surface area (Å²) in [6.07, 6.45) is 1.43. The summed E-state index contributed by atoms with van der Waals surface area (Å²) in [5, 5.41) is 19.2. The van der Waals surface area contributed by atoms with Crippen LogP contribution < -0.4 is 10.0 Å². The van der Waals surface area contributed by atoms with E-state index in [4.69, 9.17) is 14.4 Å². The third kappa shape index (κ3) is 11.5. The van der Waals surface area contributed by atoms with Crippen LogP contribution in [0.5, 0.6) is 0 Å². The Morgan fingerprint density at radius 1 is 1.18 bits per heavy atom. The molecule has 7 nitrogen and oxygen atoms in total. The number of nitrogens with one attached hydrogen (secondary N) is 2. The standard InChI is InChI=1S/C11H18N2O3S.C3H8O2/c1-12-11-8-4-3-6-10(11)7-5-9-16-17(14,15)13-2;1-3(2,4)5/h3-4,6,8,12-13H,5,7,9H2,1-2H3;4-5H,1-2H3. The Balaban J connectivity index is 0.000000763. The molecule has 0 aliphatic rings. The van der Waals surface area contributed by atoms with Gasteiger partial charge in [-0.3, -0.25) is 4.18 Å². The van der Waals surface area contributed by atoms with Crippen molar-refractivity contribution in [2.75, 3.05) is 26.0 Å². The first-order valence-corrected chi connectivity index (χ1v) is 8.28. The topological polar surface area (TPSA) is 108 Å². The quantitative estimate of drug-likeness (QED) is 0.435. The van der Waals surface area contributed by atoms with Gasteiger partial charge in [0.1, 0.15) is 0 Å². The molecule has 0 heterocycles. The molecule has 1 aromatic carbocycles. The second kappa shape index (κ2) is 9.75. The van der Waals surface area contributed by atoms with Crippen molar-refractivity contribution in [3.8, 4) is 0 Å². The van der Waals surface area contributed by atoms with Gasteiger partial charge in [-0.2, -0.15) is 13.1 Å². The van der Waals surface area contributed by atoms with Gasteiger partial charge in [0.15, 0.2) is 5.79 Å². The Morgan fingerprint density at radius 2 is 1.73 bits per heavy atom. The van der Waals surface area contributed by atoms with Gasteiger partial charge in [0, 0.05) is 19.8 Å². The lowest BCUT2D eigenvalue weighted by Gasteiger charge is -2.08. The van der Waals surface area contributed by atoms with Crippen LogP contribution in [0.15, 0.2) is 24.3 Å². The maximum absolute atomic E-state index is 11.0. The monoisotopic (exact) mass is 334 g/mol. The average molecular weight is 334 g/mol. The molecule has 1 rings (SSSR count). The van der Waals surface area contributed by atoms with Crippen molar-refractivity contribution in [2.45, 2.75) is 32.5 Å². The van der Waals surface area contributed by atoms with Crippen LogP contribution in [0, 0.1) is 0 Å². The second-order valence-corrected chi connectivity index (χ2v) is 6.54. The first kappa shape index (κ1) is 20.8. The van der Waals surface area contributed by atoms with Crippen molar-refractivity contribution in [3.05, 3.63) is 29.8 Å². The van der Waals surface area contributed by atoms with E-state index < -0.39 is 16.1 Å². The molecule has 0 saturated heterocycles. The summed E-state index contributed by atoms with van der Waals surface area (Å²) < 4.78 is 28.8. The molecule has 0 saturated carbocycles. The van der Waals surface area contributed by atoms with Crippen molar-refractivity contribution in [1.82, 2.24) is 4.72 Å². The molecule has 8 heteroatoms. The van der Waals surface area contributed by atoms with Gasteiger partial charge in [-0.1, -0.05) is 18.2 Å². The third-order valence-electron chi connectivity index (χ3n) is 2.37. The number of rotatable bonds is 7. The van der Waals surface area contributed by atoms with E-state index in [-0.39, 0.29) is 6.61 Å². The molecule has 0 bridgehead atoms. The zero-order valence-corrected chi connectivity index (χ0v) is 14.3. The number of hydrogen-bond acceptors (Lipinski definition) is 6. The third-order valence-corrected chi connectivity index (χ3v) is 3.34. The molecule has 128 valence electrons. The van der Waals surface area contributed by atoms with E-state index in [1.54, 1.807) is 0 Å². The molecule has 0 amide bonds. The molecule has 0 fully saturated rings. The van der Waals surface area contributed by atoms with Gasteiger partial charge in [0.05, 0.1) is 6.61 Å². The highest BCUT2D eigenvalue weighted by atomic mass is 32.2. The minimum atomic E-state index is -3.56. The Morgan fingerprint density at radius 3 is 2.23 bits per heavy atom. The van der Waals surface area contributed by atoms with E-state index in [2.05, 4.69) is 10.0 Å². The summed E-state index contributed by atoms with van der Waals surface area (Å²) in [5.41, 5.74) is 2.21. The van der Waals surface area contributed by atoms with E-state index in [0.717, 1.165) is 17.7 Å². The van der Waals surface area contributed by atoms with Gasteiger partial charge in [-0.25, -0.2) is 0 Å². The number of hydrogen-bond donors (Lipinski definition) is 4. The Bertz CT molecular complexity index is 520. The summed E-state index contributed by atoms with van der Waals surface area (Å²) in [6, 6.07) is 7.91. The summed E-state index contributed by atoms with van der Waals surface area (Å²) in [4.78, 5) is 0. The lowest BCUT2D eigenvalue weighted by molar-refractivity contribution is -0.127. The maximum Gasteiger partial charge on any atom is 0.335 e. The molecule has 0 aliphatic heterocycles. The van der Waals surface area contributed by atoms with Crippen molar-refractivity contribution >= 4 is 16.0 Å². The van der Waals surface area contributed by atoms with Crippen LogP contribution >= 0.6 is 0 Å². The second-order valence-electron chi connectivity index (χ2n) is 4.99. The van der Waals surface area contributed by atoms with E-state index in [1.807, 2.05) is 31.3 Å². The zero-order valence-electron chi connectivity index (χ0n) is 13.5. The fourth-order valence-electron chi connectivity index (χ4n) is 1.47. The largest absolute Gasteiger partial charge is 0.388 e. The Labute approximate surface area is 132 Å². The molecule has 0 aliphatic carbocycles. The van der Waals surface area contributed by atoms with Gasteiger partial charge in [0.2, 0.25) is 0 Å². The van der Waals surface area contributed by atoms with Crippen LogP contribution in [-0.2, 0) is 20.9 Å². The van der Waals surface area contributed by atoms with Gasteiger partial charge in [0.25, 0.3) is 0 Å². The molecule has 4 N–H and O–H groups in total. The minimum Gasteiger partial charge on any atom is -0.388 e. The number of aryl methyl sites for hydroxylation is 1. The highest BCUT2D eigenvalue weighted by Gasteiger charge is 2.06. The molecule has 0 unspecified atom stereocenters. The predicted octanol–water partition coefficient (Wildman–Crippen LogP) is 0.849. The van der Waals surface area contributed by atoms with Crippen molar-refractivity contribution < 1.29 is 22.8 Å². The first-order valence-electron chi connectivity index (χ1n) is 6.87. The van der Waals surface area contributed by atoms with Gasteiger partial charge in [-0.15, -0.1) is 0 Å². The van der Waals surface area contributed by atoms with Crippen molar-refractivity contribution in [1.29, 1.82) is 0 Å². The molecule has 0 aromatic heterocycles. The number of aliphatic hydroxyl groups is 2. The number of anilines is 1. The summed E-state index contributed by atoms with van der Waals surface area (Å²) in [5.74, 6) is -1.50. The van der Waals surface area contributed by atoms with Crippen LogP contribution in [-0.4, -0.2) is 45.1 Å².